The Bertz CT molecular complexity index is 1050. The lowest BCUT2D eigenvalue weighted by Gasteiger charge is -2.31. The summed E-state index contributed by atoms with van der Waals surface area (Å²) in [6.45, 7) is -0.0636. The van der Waals surface area contributed by atoms with E-state index >= 15 is 0 Å². The van der Waals surface area contributed by atoms with Crippen molar-refractivity contribution in [3.63, 3.8) is 0 Å². The Balaban J connectivity index is 1.78. The second-order valence-electron chi connectivity index (χ2n) is 6.92. The second kappa shape index (κ2) is 8.17. The molecule has 146 valence electrons. The molecule has 0 fully saturated rings. The first-order valence-electron chi connectivity index (χ1n) is 9.19. The lowest BCUT2D eigenvalue weighted by Crippen LogP contribution is -2.39. The highest BCUT2D eigenvalue weighted by atomic mass is 79.9. The van der Waals surface area contributed by atoms with Gasteiger partial charge in [0, 0.05) is 15.7 Å². The number of halogens is 2. The highest BCUT2D eigenvalue weighted by Gasteiger charge is 2.33. The number of carbonyl (C=O) groups excluding carboxylic acids is 2. The fourth-order valence-corrected chi connectivity index (χ4v) is 3.96. The molecule has 29 heavy (non-hydrogen) atoms. The molecule has 0 saturated heterocycles. The predicted molar refractivity (Wildman–Crippen MR) is 113 cm³/mol. The van der Waals surface area contributed by atoms with Crippen molar-refractivity contribution in [2.45, 2.75) is 12.5 Å². The lowest BCUT2D eigenvalue weighted by atomic mass is 9.95. The topological polar surface area (TPSA) is 49.4 Å². The van der Waals surface area contributed by atoms with E-state index in [4.69, 9.17) is 0 Å². The molecule has 1 heterocycles. The number of nitrogens with one attached hydrogen (secondary N) is 1. The Labute approximate surface area is 176 Å². The number of carbonyl (C=O) groups is 2. The minimum Gasteiger partial charge on any atom is -0.324 e. The monoisotopic (exact) mass is 452 g/mol. The summed E-state index contributed by atoms with van der Waals surface area (Å²) in [7, 11) is 0. The van der Waals surface area contributed by atoms with Crippen LogP contribution in [0.4, 0.5) is 10.1 Å². The molecule has 1 N–H and O–H groups in total. The molecule has 1 unspecified atom stereocenters. The highest BCUT2D eigenvalue weighted by Crippen LogP contribution is 2.37. The molecular formula is C23H18BrFN2O2. The maximum absolute atomic E-state index is 13.3. The molecule has 6 heteroatoms. The maximum Gasteiger partial charge on any atom is 0.244 e. The SMILES string of the molecule is O=C1CN(C(=O)Cc2ccc(F)cc2)C(c2ccccc2)c2cc(Br)ccc2N1. The number of amides is 2. The molecule has 1 aliphatic heterocycles. The summed E-state index contributed by atoms with van der Waals surface area (Å²) >= 11 is 3.50. The Kier molecular flexibility index (Phi) is 5.45. The number of benzene rings is 3. The smallest absolute Gasteiger partial charge is 0.244 e. The van der Waals surface area contributed by atoms with Gasteiger partial charge in [-0.3, -0.25) is 9.59 Å². The number of nitrogens with zero attached hydrogens (tertiary/aromatic N) is 1. The largest absolute Gasteiger partial charge is 0.324 e. The zero-order valence-corrected chi connectivity index (χ0v) is 17.0. The highest BCUT2D eigenvalue weighted by molar-refractivity contribution is 9.10. The van der Waals surface area contributed by atoms with Crippen LogP contribution in [0.3, 0.4) is 0 Å². The van der Waals surface area contributed by atoms with Crippen molar-refractivity contribution in [2.24, 2.45) is 0 Å². The van der Waals surface area contributed by atoms with E-state index in [0.717, 1.165) is 15.6 Å². The Morgan fingerprint density at radius 1 is 1.07 bits per heavy atom. The number of hydrogen-bond acceptors (Lipinski definition) is 2. The maximum atomic E-state index is 13.3. The molecule has 1 atom stereocenters. The van der Waals surface area contributed by atoms with Crippen LogP contribution >= 0.6 is 15.9 Å². The summed E-state index contributed by atoms with van der Waals surface area (Å²) in [6.07, 6.45) is 0.0836. The average Bonchev–Trinajstić information content (AvgIpc) is 2.86. The van der Waals surface area contributed by atoms with Gasteiger partial charge in [0.15, 0.2) is 0 Å². The van der Waals surface area contributed by atoms with Crippen LogP contribution in [0.5, 0.6) is 0 Å². The van der Waals surface area contributed by atoms with Gasteiger partial charge in [0.2, 0.25) is 11.8 Å². The van der Waals surface area contributed by atoms with Crippen LogP contribution in [0.15, 0.2) is 77.3 Å². The Morgan fingerprint density at radius 2 is 1.79 bits per heavy atom. The van der Waals surface area contributed by atoms with Gasteiger partial charge in [-0.25, -0.2) is 4.39 Å². The van der Waals surface area contributed by atoms with Gasteiger partial charge in [0.1, 0.15) is 12.4 Å². The van der Waals surface area contributed by atoms with Gasteiger partial charge in [0.05, 0.1) is 12.5 Å². The fourth-order valence-electron chi connectivity index (χ4n) is 3.58. The fraction of sp³-hybridized carbons (Fsp3) is 0.130. The summed E-state index contributed by atoms with van der Waals surface area (Å²) in [5, 5.41) is 2.90. The van der Waals surface area contributed by atoms with E-state index in [1.807, 2.05) is 48.5 Å². The summed E-state index contributed by atoms with van der Waals surface area (Å²) in [5.74, 6) is -0.802. The van der Waals surface area contributed by atoms with Crippen molar-refractivity contribution in [1.29, 1.82) is 0 Å². The molecule has 2 amide bonds. The molecule has 0 radical (unpaired) electrons. The zero-order chi connectivity index (χ0) is 20.4. The van der Waals surface area contributed by atoms with Gasteiger partial charge in [-0.05, 0) is 41.5 Å². The first-order chi connectivity index (χ1) is 14.0. The molecular weight excluding hydrogens is 435 g/mol. The van der Waals surface area contributed by atoms with Crippen LogP contribution < -0.4 is 5.32 Å². The standard InChI is InChI=1S/C23H18BrFN2O2/c24-17-8-11-20-19(13-17)23(16-4-2-1-3-5-16)27(14-21(28)26-20)22(29)12-15-6-9-18(25)10-7-15/h1-11,13,23H,12,14H2,(H,26,28). The predicted octanol–water partition coefficient (Wildman–Crippen LogP) is 4.70. The molecule has 0 saturated carbocycles. The van der Waals surface area contributed by atoms with Crippen LogP contribution in [0.2, 0.25) is 0 Å². The molecule has 4 rings (SSSR count). The van der Waals surface area contributed by atoms with Gasteiger partial charge in [-0.2, -0.15) is 0 Å². The van der Waals surface area contributed by atoms with E-state index in [0.29, 0.717) is 11.3 Å². The molecule has 4 nitrogen and oxygen atoms in total. The quantitative estimate of drug-likeness (QED) is 0.625. The zero-order valence-electron chi connectivity index (χ0n) is 15.4. The van der Waals surface area contributed by atoms with Crippen molar-refractivity contribution in [3.8, 4) is 0 Å². The Hall–Kier alpha value is -2.99. The third-order valence-corrected chi connectivity index (χ3v) is 5.41. The van der Waals surface area contributed by atoms with Crippen molar-refractivity contribution >= 4 is 33.4 Å². The molecule has 0 aromatic heterocycles. The van der Waals surface area contributed by atoms with Crippen LogP contribution in [0.1, 0.15) is 22.7 Å². The van der Waals surface area contributed by atoms with Gasteiger partial charge in [-0.1, -0.05) is 58.4 Å². The van der Waals surface area contributed by atoms with Crippen molar-refractivity contribution in [3.05, 3.63) is 99.8 Å². The number of fused-ring (bicyclic) bond motifs is 1. The average molecular weight is 453 g/mol. The summed E-state index contributed by atoms with van der Waals surface area (Å²) < 4.78 is 14.1. The van der Waals surface area contributed by atoms with E-state index in [-0.39, 0.29) is 30.6 Å². The normalized spacial score (nSPS) is 16.0. The lowest BCUT2D eigenvalue weighted by molar-refractivity contribution is -0.135. The van der Waals surface area contributed by atoms with Gasteiger partial charge < -0.3 is 10.2 Å². The Morgan fingerprint density at radius 3 is 2.52 bits per heavy atom. The third-order valence-electron chi connectivity index (χ3n) is 4.91. The first-order valence-corrected chi connectivity index (χ1v) is 9.99. The van der Waals surface area contributed by atoms with Crippen LogP contribution in [0, 0.1) is 5.82 Å². The van der Waals surface area contributed by atoms with Crippen LogP contribution in [-0.4, -0.2) is 23.3 Å². The number of hydrogen-bond donors (Lipinski definition) is 1. The second-order valence-corrected chi connectivity index (χ2v) is 7.83. The summed E-state index contributed by atoms with van der Waals surface area (Å²) in [4.78, 5) is 27.4. The van der Waals surface area contributed by atoms with Crippen molar-refractivity contribution < 1.29 is 14.0 Å². The number of rotatable bonds is 3. The minimum absolute atomic E-state index is 0.0636. The summed E-state index contributed by atoms with van der Waals surface area (Å²) in [6, 6.07) is 20.7. The molecule has 0 aliphatic carbocycles. The molecule has 3 aromatic carbocycles. The van der Waals surface area contributed by atoms with Crippen LogP contribution in [0.25, 0.3) is 0 Å². The van der Waals surface area contributed by atoms with E-state index < -0.39 is 6.04 Å². The summed E-state index contributed by atoms with van der Waals surface area (Å²) in [5.41, 5.74) is 3.13. The molecule has 3 aromatic rings. The molecule has 1 aliphatic rings. The minimum atomic E-state index is -0.421. The third kappa shape index (κ3) is 4.22. The molecule has 0 spiro atoms. The van der Waals surface area contributed by atoms with Crippen molar-refractivity contribution in [1.82, 2.24) is 4.90 Å². The van der Waals surface area contributed by atoms with Crippen LogP contribution in [-0.2, 0) is 16.0 Å². The van der Waals surface area contributed by atoms with Gasteiger partial charge in [-0.15, -0.1) is 0 Å². The van der Waals surface area contributed by atoms with Crippen molar-refractivity contribution in [2.75, 3.05) is 11.9 Å². The number of anilines is 1. The first kappa shape index (κ1) is 19.3. The van der Waals surface area contributed by atoms with Gasteiger partial charge in [0.25, 0.3) is 0 Å². The van der Waals surface area contributed by atoms with Gasteiger partial charge >= 0.3 is 0 Å². The molecule has 0 bridgehead atoms. The van der Waals surface area contributed by atoms with E-state index in [1.165, 1.54) is 12.1 Å². The van der Waals surface area contributed by atoms with E-state index in [1.54, 1.807) is 17.0 Å². The van der Waals surface area contributed by atoms with E-state index in [2.05, 4.69) is 21.2 Å². The van der Waals surface area contributed by atoms with E-state index in [9.17, 15) is 14.0 Å².